The molecular formula is C18H23ClN2O2. The fraction of sp³-hybridized carbons (Fsp3) is 0.278. The van der Waals surface area contributed by atoms with Gasteiger partial charge in [0.1, 0.15) is 5.75 Å². The van der Waals surface area contributed by atoms with Crippen LogP contribution in [-0.4, -0.2) is 12.5 Å². The van der Waals surface area contributed by atoms with Gasteiger partial charge in [0.05, 0.1) is 11.4 Å². The number of rotatable bonds is 4. The maximum absolute atomic E-state index is 11.9. The van der Waals surface area contributed by atoms with Crippen molar-refractivity contribution >= 4 is 29.7 Å². The van der Waals surface area contributed by atoms with Gasteiger partial charge in [-0.05, 0) is 35.2 Å². The van der Waals surface area contributed by atoms with E-state index in [0.717, 1.165) is 0 Å². The van der Waals surface area contributed by atoms with Crippen LogP contribution in [0.15, 0.2) is 48.5 Å². The molecule has 0 aliphatic carbocycles. The minimum absolute atomic E-state index is 0. The monoisotopic (exact) mass is 334 g/mol. The molecule has 124 valence electrons. The molecule has 0 saturated carbocycles. The largest absolute Gasteiger partial charge is 0.484 e. The standard InChI is InChI=1S/C18H22N2O2.ClH/c1-18(2,3)13-8-10-14(11-9-13)22-12-17(21)20-16-7-5-4-6-15(16)19;/h4-11H,12,19H2,1-3H3,(H,20,21);1H. The first-order valence-electron chi connectivity index (χ1n) is 7.24. The Hall–Kier alpha value is -2.20. The Balaban J connectivity index is 0.00000264. The lowest BCUT2D eigenvalue weighted by atomic mass is 9.87. The zero-order chi connectivity index (χ0) is 16.2. The summed E-state index contributed by atoms with van der Waals surface area (Å²) in [5, 5.41) is 2.73. The number of anilines is 2. The number of hydrogen-bond acceptors (Lipinski definition) is 3. The van der Waals surface area contributed by atoms with Gasteiger partial charge in [-0.1, -0.05) is 45.0 Å². The van der Waals surface area contributed by atoms with E-state index in [1.807, 2.05) is 36.4 Å². The van der Waals surface area contributed by atoms with Gasteiger partial charge < -0.3 is 15.8 Å². The topological polar surface area (TPSA) is 64.3 Å². The third-order valence-electron chi connectivity index (χ3n) is 3.33. The van der Waals surface area contributed by atoms with E-state index in [9.17, 15) is 4.79 Å². The van der Waals surface area contributed by atoms with Crippen molar-refractivity contribution in [3.05, 3.63) is 54.1 Å². The fourth-order valence-electron chi connectivity index (χ4n) is 2.00. The molecule has 3 N–H and O–H groups in total. The number of hydrogen-bond donors (Lipinski definition) is 2. The number of carbonyl (C=O) groups excluding carboxylic acids is 1. The van der Waals surface area contributed by atoms with Gasteiger partial charge >= 0.3 is 0 Å². The number of nitrogens with two attached hydrogens (primary N) is 1. The number of amides is 1. The Bertz CT molecular complexity index is 649. The van der Waals surface area contributed by atoms with Crippen LogP contribution in [0, 0.1) is 0 Å². The lowest BCUT2D eigenvalue weighted by molar-refractivity contribution is -0.118. The summed E-state index contributed by atoms with van der Waals surface area (Å²) >= 11 is 0. The fourth-order valence-corrected chi connectivity index (χ4v) is 2.00. The quantitative estimate of drug-likeness (QED) is 0.830. The number of benzene rings is 2. The highest BCUT2D eigenvalue weighted by atomic mass is 35.5. The summed E-state index contributed by atoms with van der Waals surface area (Å²) in [7, 11) is 0. The van der Waals surface area contributed by atoms with Crippen LogP contribution in [-0.2, 0) is 10.2 Å². The molecule has 0 aromatic heterocycles. The van der Waals surface area contributed by atoms with Crippen molar-refractivity contribution in [1.29, 1.82) is 0 Å². The molecule has 0 aliphatic heterocycles. The summed E-state index contributed by atoms with van der Waals surface area (Å²) in [5.41, 5.74) is 8.23. The van der Waals surface area contributed by atoms with E-state index in [1.165, 1.54) is 5.56 Å². The summed E-state index contributed by atoms with van der Waals surface area (Å²) in [6.45, 7) is 6.41. The second-order valence-electron chi connectivity index (χ2n) is 6.20. The third kappa shape index (κ3) is 5.49. The van der Waals surface area contributed by atoms with Crippen molar-refractivity contribution in [2.75, 3.05) is 17.7 Å². The molecule has 0 heterocycles. The highest BCUT2D eigenvalue weighted by Crippen LogP contribution is 2.24. The van der Waals surface area contributed by atoms with Crippen LogP contribution in [0.3, 0.4) is 0 Å². The molecule has 5 heteroatoms. The van der Waals surface area contributed by atoms with Crippen LogP contribution < -0.4 is 15.8 Å². The van der Waals surface area contributed by atoms with Crippen LogP contribution >= 0.6 is 12.4 Å². The molecule has 2 rings (SSSR count). The van der Waals surface area contributed by atoms with Crippen molar-refractivity contribution in [2.45, 2.75) is 26.2 Å². The van der Waals surface area contributed by atoms with Gasteiger partial charge in [0, 0.05) is 0 Å². The second-order valence-corrected chi connectivity index (χ2v) is 6.20. The maximum Gasteiger partial charge on any atom is 0.262 e. The molecule has 0 fully saturated rings. The molecule has 0 spiro atoms. The van der Waals surface area contributed by atoms with E-state index < -0.39 is 0 Å². The van der Waals surface area contributed by atoms with Crippen LogP contribution in [0.2, 0.25) is 0 Å². The average Bonchev–Trinajstić information content (AvgIpc) is 2.47. The predicted octanol–water partition coefficient (Wildman–Crippen LogP) is 4.01. The first-order valence-corrected chi connectivity index (χ1v) is 7.24. The molecule has 0 atom stereocenters. The number of nitrogens with one attached hydrogen (secondary N) is 1. The van der Waals surface area contributed by atoms with E-state index in [1.54, 1.807) is 12.1 Å². The summed E-state index contributed by atoms with van der Waals surface area (Å²) < 4.78 is 5.49. The highest BCUT2D eigenvalue weighted by molar-refractivity contribution is 5.94. The SMILES string of the molecule is CC(C)(C)c1ccc(OCC(=O)Nc2ccccc2N)cc1.Cl. The van der Waals surface area contributed by atoms with Crippen LogP contribution in [0.25, 0.3) is 0 Å². The number of halogens is 1. The average molecular weight is 335 g/mol. The van der Waals surface area contributed by atoms with Crippen LogP contribution in [0.5, 0.6) is 5.75 Å². The molecule has 2 aromatic rings. The lowest BCUT2D eigenvalue weighted by Crippen LogP contribution is -2.20. The van der Waals surface area contributed by atoms with Gasteiger partial charge in [-0.3, -0.25) is 4.79 Å². The summed E-state index contributed by atoms with van der Waals surface area (Å²) in [6.07, 6.45) is 0. The zero-order valence-electron chi connectivity index (χ0n) is 13.6. The minimum Gasteiger partial charge on any atom is -0.484 e. The Labute approximate surface area is 143 Å². The number of carbonyl (C=O) groups is 1. The Morgan fingerprint density at radius 2 is 1.70 bits per heavy atom. The van der Waals surface area contributed by atoms with Crippen molar-refractivity contribution in [3.8, 4) is 5.75 Å². The number of ether oxygens (including phenoxy) is 1. The normalized spacial score (nSPS) is 10.6. The van der Waals surface area contributed by atoms with Gasteiger partial charge in [-0.15, -0.1) is 12.4 Å². The summed E-state index contributed by atoms with van der Waals surface area (Å²) in [4.78, 5) is 11.9. The van der Waals surface area contributed by atoms with E-state index in [-0.39, 0.29) is 30.3 Å². The third-order valence-corrected chi connectivity index (χ3v) is 3.33. The first-order chi connectivity index (χ1) is 10.4. The summed E-state index contributed by atoms with van der Waals surface area (Å²) in [6, 6.07) is 14.9. The van der Waals surface area contributed by atoms with Crippen LogP contribution in [0.4, 0.5) is 11.4 Å². The molecule has 23 heavy (non-hydrogen) atoms. The maximum atomic E-state index is 11.9. The Kier molecular flexibility index (Phi) is 6.46. The molecule has 0 unspecified atom stereocenters. The van der Waals surface area contributed by atoms with Gasteiger partial charge in [0.15, 0.2) is 6.61 Å². The van der Waals surface area contributed by atoms with Gasteiger partial charge in [0.25, 0.3) is 5.91 Å². The number of nitrogen functional groups attached to an aromatic ring is 1. The van der Waals surface area contributed by atoms with Gasteiger partial charge in [-0.25, -0.2) is 0 Å². The van der Waals surface area contributed by atoms with E-state index in [0.29, 0.717) is 17.1 Å². The molecule has 0 radical (unpaired) electrons. The molecule has 0 aliphatic rings. The van der Waals surface area contributed by atoms with E-state index >= 15 is 0 Å². The van der Waals surface area contributed by atoms with Gasteiger partial charge in [0.2, 0.25) is 0 Å². The predicted molar refractivity (Wildman–Crippen MR) is 97.4 cm³/mol. The molecule has 0 bridgehead atoms. The Morgan fingerprint density at radius 3 is 2.26 bits per heavy atom. The smallest absolute Gasteiger partial charge is 0.262 e. The molecular weight excluding hydrogens is 312 g/mol. The van der Waals surface area contributed by atoms with Crippen molar-refractivity contribution < 1.29 is 9.53 Å². The lowest BCUT2D eigenvalue weighted by Gasteiger charge is -2.19. The highest BCUT2D eigenvalue weighted by Gasteiger charge is 2.13. The van der Waals surface area contributed by atoms with E-state index in [2.05, 4.69) is 26.1 Å². The minimum atomic E-state index is -0.238. The molecule has 2 aromatic carbocycles. The second kappa shape index (κ2) is 7.88. The molecule has 0 saturated heterocycles. The van der Waals surface area contributed by atoms with Crippen LogP contribution in [0.1, 0.15) is 26.3 Å². The summed E-state index contributed by atoms with van der Waals surface area (Å²) in [5.74, 6) is 0.432. The molecule has 4 nitrogen and oxygen atoms in total. The van der Waals surface area contributed by atoms with Gasteiger partial charge in [-0.2, -0.15) is 0 Å². The van der Waals surface area contributed by atoms with Crippen molar-refractivity contribution in [2.24, 2.45) is 0 Å². The number of para-hydroxylation sites is 2. The van der Waals surface area contributed by atoms with E-state index in [4.69, 9.17) is 10.5 Å². The first kappa shape index (κ1) is 18.8. The zero-order valence-corrected chi connectivity index (χ0v) is 14.4. The van der Waals surface area contributed by atoms with Crippen molar-refractivity contribution in [1.82, 2.24) is 0 Å². The van der Waals surface area contributed by atoms with Crippen molar-refractivity contribution in [3.63, 3.8) is 0 Å². The molecule has 1 amide bonds. The Morgan fingerprint density at radius 1 is 1.09 bits per heavy atom.